The summed E-state index contributed by atoms with van der Waals surface area (Å²) >= 11 is 0. The molecule has 0 radical (unpaired) electrons. The molecular weight excluding hydrogens is 892 g/mol. The van der Waals surface area contributed by atoms with Crippen LogP contribution in [0.4, 0.5) is 0 Å². The lowest BCUT2D eigenvalue weighted by molar-refractivity contribution is -0.870. The number of rotatable bonds is 54. The number of allylic oxidation sites excluding steroid dienone is 5. The van der Waals surface area contributed by atoms with E-state index in [1.54, 1.807) is 0 Å². The molecule has 0 heterocycles. The van der Waals surface area contributed by atoms with Crippen molar-refractivity contribution in [1.82, 2.24) is 5.32 Å². The summed E-state index contributed by atoms with van der Waals surface area (Å²) in [5, 5.41) is 3.01. The number of likely N-dealkylation sites (N-methyl/N-ethyl adjacent to an activating group) is 1. The van der Waals surface area contributed by atoms with E-state index < -0.39 is 26.6 Å². The fraction of sp³-hybridized carbons (Fsp3) is 0.867. The molecule has 0 bridgehead atoms. The van der Waals surface area contributed by atoms with Crippen LogP contribution in [0.3, 0.4) is 0 Å². The lowest BCUT2D eigenvalue weighted by atomic mass is 10.0. The van der Waals surface area contributed by atoms with E-state index in [1.165, 1.54) is 180 Å². The summed E-state index contributed by atoms with van der Waals surface area (Å²) in [7, 11) is 1.18. The Kier molecular flexibility index (Phi) is 49.5. The number of nitrogens with zero attached hydrogens (tertiary/aromatic N) is 1. The highest BCUT2D eigenvalue weighted by atomic mass is 31.2. The van der Waals surface area contributed by atoms with Crippen LogP contribution >= 0.6 is 7.82 Å². The summed E-state index contributed by atoms with van der Waals surface area (Å²) < 4.78 is 30.2. The van der Waals surface area contributed by atoms with E-state index in [4.69, 9.17) is 13.8 Å². The molecule has 0 aliphatic rings. The molecule has 0 saturated carbocycles. The molecule has 3 atom stereocenters. The first-order valence-corrected chi connectivity index (χ1v) is 31.3. The van der Waals surface area contributed by atoms with Crippen LogP contribution in [0.1, 0.15) is 284 Å². The van der Waals surface area contributed by atoms with Gasteiger partial charge >= 0.3 is 5.97 Å². The maximum Gasteiger partial charge on any atom is 0.306 e. The van der Waals surface area contributed by atoms with Crippen LogP contribution in [-0.4, -0.2) is 69.4 Å². The molecule has 10 heteroatoms. The Morgan fingerprint density at radius 1 is 0.486 bits per heavy atom. The minimum Gasteiger partial charge on any atom is -0.756 e. The highest BCUT2D eigenvalue weighted by Crippen LogP contribution is 2.38. The van der Waals surface area contributed by atoms with Crippen molar-refractivity contribution in [1.29, 1.82) is 0 Å². The molecule has 0 aliphatic carbocycles. The fourth-order valence-corrected chi connectivity index (χ4v) is 9.35. The van der Waals surface area contributed by atoms with E-state index in [0.29, 0.717) is 17.4 Å². The first kappa shape index (κ1) is 68.2. The monoisotopic (exact) mass is 1010 g/mol. The predicted octanol–water partition coefficient (Wildman–Crippen LogP) is 17.3. The van der Waals surface area contributed by atoms with Crippen LogP contribution in [0.2, 0.25) is 0 Å². The zero-order valence-corrected chi connectivity index (χ0v) is 47.9. The second-order valence-electron chi connectivity index (χ2n) is 21.5. The highest BCUT2D eigenvalue weighted by Gasteiger charge is 2.27. The van der Waals surface area contributed by atoms with Crippen molar-refractivity contribution in [3.63, 3.8) is 0 Å². The van der Waals surface area contributed by atoms with Gasteiger partial charge in [-0.25, -0.2) is 0 Å². The number of unbranched alkanes of at least 4 members (excludes halogenated alkanes) is 34. The quantitative estimate of drug-likeness (QED) is 0.0212. The standard InChI is InChI=1S/C60H115N2O7P/c1-7-10-13-16-19-22-25-27-29-30-31-32-33-35-38-41-44-47-50-53-60(64)69-58(51-48-45-42-39-36-24-21-18-15-12-9-3)57(56-68-70(65,66)67-55-54-62(4,5)6)61-59(63)52-49-46-43-40-37-34-28-26-23-20-17-14-11-8-2/h27,29,34,37,48,51,57-58H,7-26,28,30-33,35-36,38-47,49-50,52-56H2,1-6H3,(H-,61,63,65,66)/b29-27+,37-34-,51-48+. The van der Waals surface area contributed by atoms with Gasteiger partial charge in [-0.15, -0.1) is 0 Å². The summed E-state index contributed by atoms with van der Waals surface area (Å²) in [4.78, 5) is 39.8. The maximum absolute atomic E-state index is 13.5. The average molecular weight is 1010 g/mol. The third-order valence-electron chi connectivity index (χ3n) is 13.3. The lowest BCUT2D eigenvalue weighted by Crippen LogP contribution is -2.47. The summed E-state index contributed by atoms with van der Waals surface area (Å²) in [5.41, 5.74) is 0. The number of amides is 1. The zero-order valence-electron chi connectivity index (χ0n) is 47.0. The van der Waals surface area contributed by atoms with Crippen molar-refractivity contribution in [2.45, 2.75) is 296 Å². The molecule has 9 nitrogen and oxygen atoms in total. The SMILES string of the molecule is CCCCCCCC/C=C/CCCCCCCCCCCC(=O)OC(/C=C/CCCCCCCCCCC)C(COP(=O)([O-])OCC[N+](C)(C)C)NC(=O)CCCCC/C=C\CCCCCCCCC. The Hall–Kier alpha value is -1.77. The third kappa shape index (κ3) is 51.1. The molecule has 0 aromatic rings. The normalized spacial score (nSPS) is 14.0. The molecule has 0 aliphatic heterocycles. The first-order chi connectivity index (χ1) is 33.9. The van der Waals surface area contributed by atoms with Crippen molar-refractivity contribution >= 4 is 19.7 Å². The number of carbonyl (C=O) groups excluding carboxylic acids is 2. The second kappa shape index (κ2) is 50.7. The van der Waals surface area contributed by atoms with Crippen LogP contribution < -0.4 is 10.2 Å². The molecule has 0 rings (SSSR count). The number of esters is 1. The van der Waals surface area contributed by atoms with Crippen LogP contribution in [0.15, 0.2) is 36.5 Å². The number of phosphoric ester groups is 1. The Labute approximate surface area is 434 Å². The average Bonchev–Trinajstić information content (AvgIpc) is 3.32. The molecule has 70 heavy (non-hydrogen) atoms. The van der Waals surface area contributed by atoms with Crippen LogP contribution in [0.5, 0.6) is 0 Å². The van der Waals surface area contributed by atoms with Crippen molar-refractivity contribution in [3.8, 4) is 0 Å². The van der Waals surface area contributed by atoms with Crippen LogP contribution in [-0.2, 0) is 27.9 Å². The molecule has 412 valence electrons. The first-order valence-electron chi connectivity index (χ1n) is 29.8. The van der Waals surface area contributed by atoms with Gasteiger partial charge in [-0.1, -0.05) is 225 Å². The molecule has 0 aromatic carbocycles. The topological polar surface area (TPSA) is 114 Å². The molecular formula is C60H115N2O7P. The number of quaternary nitrogens is 1. The van der Waals surface area contributed by atoms with Gasteiger partial charge in [-0.05, 0) is 83.1 Å². The van der Waals surface area contributed by atoms with Gasteiger partial charge in [-0.2, -0.15) is 0 Å². The number of hydrogen-bond acceptors (Lipinski definition) is 7. The lowest BCUT2D eigenvalue weighted by Gasteiger charge is -2.30. The van der Waals surface area contributed by atoms with Crippen molar-refractivity contribution < 1.29 is 37.3 Å². The van der Waals surface area contributed by atoms with Crippen molar-refractivity contribution in [2.75, 3.05) is 40.9 Å². The summed E-state index contributed by atoms with van der Waals surface area (Å²) in [5.74, 6) is -0.554. The number of carbonyl (C=O) groups is 2. The minimum absolute atomic E-state index is 0.0239. The molecule has 0 aromatic heterocycles. The Balaban J connectivity index is 5.26. The highest BCUT2D eigenvalue weighted by molar-refractivity contribution is 7.45. The summed E-state index contributed by atoms with van der Waals surface area (Å²) in [6, 6.07) is -0.893. The predicted molar refractivity (Wildman–Crippen MR) is 298 cm³/mol. The van der Waals surface area contributed by atoms with Gasteiger partial charge in [0.25, 0.3) is 7.82 Å². The van der Waals surface area contributed by atoms with E-state index in [2.05, 4.69) is 50.4 Å². The van der Waals surface area contributed by atoms with E-state index in [9.17, 15) is 19.0 Å². The van der Waals surface area contributed by atoms with Gasteiger partial charge < -0.3 is 28.5 Å². The maximum atomic E-state index is 13.5. The van der Waals surface area contributed by atoms with Crippen molar-refractivity contribution in [2.24, 2.45) is 0 Å². The van der Waals surface area contributed by atoms with Gasteiger partial charge in [0.05, 0.1) is 33.8 Å². The molecule has 3 unspecified atom stereocenters. The Morgan fingerprint density at radius 2 is 0.829 bits per heavy atom. The fourth-order valence-electron chi connectivity index (χ4n) is 8.63. The number of phosphoric acid groups is 1. The number of nitrogens with one attached hydrogen (secondary N) is 1. The molecule has 1 N–H and O–H groups in total. The molecule has 0 fully saturated rings. The van der Waals surface area contributed by atoms with E-state index in [0.717, 1.165) is 70.6 Å². The van der Waals surface area contributed by atoms with Gasteiger partial charge in [0.1, 0.15) is 19.3 Å². The smallest absolute Gasteiger partial charge is 0.306 e. The Morgan fingerprint density at radius 3 is 1.23 bits per heavy atom. The van der Waals surface area contributed by atoms with E-state index >= 15 is 0 Å². The third-order valence-corrected chi connectivity index (χ3v) is 14.3. The van der Waals surface area contributed by atoms with Gasteiger partial charge in [-0.3, -0.25) is 14.2 Å². The number of ether oxygens (including phenoxy) is 1. The summed E-state index contributed by atoms with van der Waals surface area (Å²) in [6.07, 6.45) is 59.7. The van der Waals surface area contributed by atoms with E-state index in [1.807, 2.05) is 33.3 Å². The molecule has 1 amide bonds. The van der Waals surface area contributed by atoms with Crippen LogP contribution in [0.25, 0.3) is 0 Å². The second-order valence-corrected chi connectivity index (χ2v) is 22.9. The minimum atomic E-state index is -4.69. The van der Waals surface area contributed by atoms with Gasteiger partial charge in [0.15, 0.2) is 0 Å². The largest absolute Gasteiger partial charge is 0.756 e. The van der Waals surface area contributed by atoms with Gasteiger partial charge in [0.2, 0.25) is 5.91 Å². The summed E-state index contributed by atoms with van der Waals surface area (Å²) in [6.45, 7) is 6.83. The zero-order chi connectivity index (χ0) is 51.5. The van der Waals surface area contributed by atoms with Gasteiger partial charge in [0, 0.05) is 12.8 Å². The van der Waals surface area contributed by atoms with Crippen LogP contribution in [0, 0.1) is 0 Å². The van der Waals surface area contributed by atoms with Crippen molar-refractivity contribution in [3.05, 3.63) is 36.5 Å². The van der Waals surface area contributed by atoms with E-state index in [-0.39, 0.29) is 24.9 Å². The molecule has 0 saturated heterocycles. The number of hydrogen-bond donors (Lipinski definition) is 1. The Bertz CT molecular complexity index is 1300. The molecule has 0 spiro atoms.